The van der Waals surface area contributed by atoms with E-state index < -0.39 is 0 Å². The molecule has 0 fully saturated rings. The number of benzene rings is 2. The summed E-state index contributed by atoms with van der Waals surface area (Å²) in [5.41, 5.74) is 2.68. The highest BCUT2D eigenvalue weighted by Gasteiger charge is 2.07. The number of nitrogens with zero attached hydrogens (tertiary/aromatic N) is 1. The first-order valence-electron chi connectivity index (χ1n) is 5.58. The summed E-state index contributed by atoms with van der Waals surface area (Å²) in [4.78, 5) is 0. The lowest BCUT2D eigenvalue weighted by atomic mass is 10.2. The average molecular weight is 227 g/mol. The Morgan fingerprint density at radius 2 is 1.31 bits per heavy atom. The van der Waals surface area contributed by atoms with Crippen molar-refractivity contribution in [1.82, 2.24) is 4.57 Å². The molecule has 3 aromatic rings. The molecule has 3 rings (SSSR count). The molecule has 0 aliphatic rings. The highest BCUT2D eigenvalue weighted by molar-refractivity contribution is 7.16. The van der Waals surface area contributed by atoms with Crippen molar-refractivity contribution in [2.45, 2.75) is 6.54 Å². The molecule has 2 aromatic carbocycles. The minimum Gasteiger partial charge on any atom is -0.340 e. The molecule has 16 heavy (non-hydrogen) atoms. The van der Waals surface area contributed by atoms with E-state index in [1.165, 1.54) is 21.8 Å². The molecule has 0 bridgehead atoms. The van der Waals surface area contributed by atoms with Gasteiger partial charge in [-0.15, -0.1) is 9.24 Å². The highest BCUT2D eigenvalue weighted by atomic mass is 31.0. The Morgan fingerprint density at radius 1 is 0.812 bits per heavy atom. The van der Waals surface area contributed by atoms with E-state index >= 15 is 0 Å². The SMILES string of the molecule is PCCn1c2ccccc2c2ccccc21. The van der Waals surface area contributed by atoms with Crippen LogP contribution < -0.4 is 0 Å². The van der Waals surface area contributed by atoms with E-state index in [1.54, 1.807) is 0 Å². The number of hydrogen-bond donors (Lipinski definition) is 0. The van der Waals surface area contributed by atoms with Crippen LogP contribution in [0.4, 0.5) is 0 Å². The van der Waals surface area contributed by atoms with Gasteiger partial charge in [0.25, 0.3) is 0 Å². The van der Waals surface area contributed by atoms with Crippen LogP contribution in [-0.4, -0.2) is 10.7 Å². The van der Waals surface area contributed by atoms with Gasteiger partial charge >= 0.3 is 0 Å². The van der Waals surface area contributed by atoms with Crippen molar-refractivity contribution in [3.05, 3.63) is 48.5 Å². The van der Waals surface area contributed by atoms with Gasteiger partial charge in [0.05, 0.1) is 0 Å². The first-order chi connectivity index (χ1) is 7.92. The Labute approximate surface area is 97.3 Å². The summed E-state index contributed by atoms with van der Waals surface area (Å²) in [6.45, 7) is 1.05. The Morgan fingerprint density at radius 3 is 1.81 bits per heavy atom. The number of para-hydroxylation sites is 2. The second kappa shape index (κ2) is 3.92. The lowest BCUT2D eigenvalue weighted by molar-refractivity contribution is 0.838. The van der Waals surface area contributed by atoms with E-state index in [0.29, 0.717) is 0 Å². The molecule has 0 saturated carbocycles. The van der Waals surface area contributed by atoms with Gasteiger partial charge in [-0.05, 0) is 18.3 Å². The molecule has 1 atom stereocenters. The smallest absolute Gasteiger partial charge is 0.0491 e. The maximum atomic E-state index is 2.80. The van der Waals surface area contributed by atoms with Gasteiger partial charge in [0.15, 0.2) is 0 Å². The molecule has 1 aromatic heterocycles. The molecule has 1 nitrogen and oxygen atoms in total. The molecule has 0 radical (unpaired) electrons. The van der Waals surface area contributed by atoms with Gasteiger partial charge in [-0.3, -0.25) is 0 Å². The van der Waals surface area contributed by atoms with Crippen molar-refractivity contribution in [2.24, 2.45) is 0 Å². The summed E-state index contributed by atoms with van der Waals surface area (Å²) in [5.74, 6) is 0. The van der Waals surface area contributed by atoms with Crippen LogP contribution in [0.25, 0.3) is 21.8 Å². The first-order valence-corrected chi connectivity index (χ1v) is 6.39. The largest absolute Gasteiger partial charge is 0.340 e. The van der Waals surface area contributed by atoms with Crippen molar-refractivity contribution in [1.29, 1.82) is 0 Å². The molecule has 0 amide bonds. The fraction of sp³-hybridized carbons (Fsp3) is 0.143. The van der Waals surface area contributed by atoms with E-state index in [1.807, 2.05) is 0 Å². The summed E-state index contributed by atoms with van der Waals surface area (Å²) < 4.78 is 2.40. The fourth-order valence-electron chi connectivity index (χ4n) is 2.37. The van der Waals surface area contributed by atoms with Gasteiger partial charge in [-0.2, -0.15) is 0 Å². The van der Waals surface area contributed by atoms with Crippen LogP contribution in [0.15, 0.2) is 48.5 Å². The maximum Gasteiger partial charge on any atom is 0.0491 e. The zero-order valence-corrected chi connectivity index (χ0v) is 10.2. The molecule has 0 N–H and O–H groups in total. The molecule has 1 heterocycles. The quantitative estimate of drug-likeness (QED) is 0.589. The van der Waals surface area contributed by atoms with Crippen LogP contribution >= 0.6 is 9.24 Å². The van der Waals surface area contributed by atoms with E-state index in [9.17, 15) is 0 Å². The number of aromatic nitrogens is 1. The van der Waals surface area contributed by atoms with E-state index in [0.717, 1.165) is 12.7 Å². The second-order valence-corrected chi connectivity index (χ2v) is 4.55. The van der Waals surface area contributed by atoms with E-state index in [2.05, 4.69) is 62.3 Å². The van der Waals surface area contributed by atoms with Crippen molar-refractivity contribution in [3.63, 3.8) is 0 Å². The molecule has 0 aliphatic carbocycles. The minimum atomic E-state index is 1.05. The lowest BCUT2D eigenvalue weighted by Crippen LogP contribution is -1.97. The number of fused-ring (bicyclic) bond motifs is 3. The van der Waals surface area contributed by atoms with Gasteiger partial charge in [0.1, 0.15) is 0 Å². The predicted molar refractivity (Wildman–Crippen MR) is 74.0 cm³/mol. The molecular formula is C14H14NP. The van der Waals surface area contributed by atoms with Gasteiger partial charge in [-0.25, -0.2) is 0 Å². The fourth-order valence-corrected chi connectivity index (χ4v) is 2.63. The van der Waals surface area contributed by atoms with Crippen LogP contribution in [0.3, 0.4) is 0 Å². The van der Waals surface area contributed by atoms with Gasteiger partial charge < -0.3 is 4.57 Å². The van der Waals surface area contributed by atoms with Crippen molar-refractivity contribution < 1.29 is 0 Å². The molecule has 80 valence electrons. The predicted octanol–water partition coefficient (Wildman–Crippen LogP) is 3.67. The minimum absolute atomic E-state index is 1.05. The summed E-state index contributed by atoms with van der Waals surface area (Å²) in [5, 5.41) is 2.72. The van der Waals surface area contributed by atoms with E-state index in [-0.39, 0.29) is 0 Å². The normalized spacial score (nSPS) is 11.3. The molecule has 0 saturated heterocycles. The molecule has 2 heteroatoms. The zero-order valence-electron chi connectivity index (χ0n) is 9.06. The van der Waals surface area contributed by atoms with E-state index in [4.69, 9.17) is 0 Å². The number of hydrogen-bond acceptors (Lipinski definition) is 0. The second-order valence-electron chi connectivity index (χ2n) is 3.97. The molecule has 1 unspecified atom stereocenters. The molecule has 0 spiro atoms. The zero-order chi connectivity index (χ0) is 11.0. The molecular weight excluding hydrogens is 213 g/mol. The van der Waals surface area contributed by atoms with Gasteiger partial charge in [0.2, 0.25) is 0 Å². The lowest BCUT2D eigenvalue weighted by Gasteiger charge is -2.04. The Bertz CT molecular complexity index is 586. The van der Waals surface area contributed by atoms with Crippen LogP contribution in [0.1, 0.15) is 0 Å². The maximum absolute atomic E-state index is 2.80. The summed E-state index contributed by atoms with van der Waals surface area (Å²) >= 11 is 0. The average Bonchev–Trinajstić information content (AvgIpc) is 2.66. The van der Waals surface area contributed by atoms with Crippen LogP contribution in [0.5, 0.6) is 0 Å². The summed E-state index contributed by atoms with van der Waals surface area (Å²) in [6.07, 6.45) is 1.09. The summed E-state index contributed by atoms with van der Waals surface area (Å²) in [7, 11) is 2.80. The van der Waals surface area contributed by atoms with Gasteiger partial charge in [-0.1, -0.05) is 36.4 Å². The Balaban J connectivity index is 2.49. The number of aryl methyl sites for hydroxylation is 1. The Kier molecular flexibility index (Phi) is 2.41. The first kappa shape index (κ1) is 9.86. The van der Waals surface area contributed by atoms with Crippen LogP contribution in [0.2, 0.25) is 0 Å². The van der Waals surface area contributed by atoms with Crippen molar-refractivity contribution in [3.8, 4) is 0 Å². The highest BCUT2D eigenvalue weighted by Crippen LogP contribution is 2.28. The monoisotopic (exact) mass is 227 g/mol. The van der Waals surface area contributed by atoms with Gasteiger partial charge in [0, 0.05) is 28.4 Å². The topological polar surface area (TPSA) is 4.93 Å². The van der Waals surface area contributed by atoms with Crippen molar-refractivity contribution >= 4 is 31.0 Å². The molecule has 0 aliphatic heterocycles. The number of rotatable bonds is 2. The van der Waals surface area contributed by atoms with Crippen LogP contribution in [0, 0.1) is 0 Å². The third-order valence-electron chi connectivity index (χ3n) is 3.03. The third-order valence-corrected chi connectivity index (χ3v) is 3.29. The van der Waals surface area contributed by atoms with Crippen molar-refractivity contribution in [2.75, 3.05) is 6.16 Å². The van der Waals surface area contributed by atoms with Crippen LogP contribution in [-0.2, 0) is 6.54 Å². The third kappa shape index (κ3) is 1.36. The Hall–Kier alpha value is -1.33. The summed E-state index contributed by atoms with van der Waals surface area (Å²) in [6, 6.07) is 17.3. The standard InChI is InChI=1S/C14H14NP/c16-10-9-15-13-7-3-1-5-11(13)12-6-2-4-8-14(12)15/h1-8H,9-10,16H2.